The fraction of sp³-hybridized carbons (Fsp3) is 0.100. The molecule has 4 rings (SSSR count). The first-order valence-corrected chi connectivity index (χ1v) is 7.87. The first kappa shape index (κ1) is 14.2. The molecule has 0 bridgehead atoms. The lowest BCUT2D eigenvalue weighted by atomic mass is 10.0. The van der Waals surface area contributed by atoms with Crippen LogP contribution >= 0.6 is 0 Å². The van der Waals surface area contributed by atoms with Crippen molar-refractivity contribution in [2.24, 2.45) is 0 Å². The van der Waals surface area contributed by atoms with Gasteiger partial charge in [-0.1, -0.05) is 84.9 Å². The van der Waals surface area contributed by atoms with E-state index < -0.39 is 0 Å². The zero-order chi connectivity index (χ0) is 15.5. The Kier molecular flexibility index (Phi) is 3.90. The molecule has 1 saturated heterocycles. The molecule has 0 saturated carbocycles. The second-order valence-electron chi connectivity index (χ2n) is 5.72. The van der Waals surface area contributed by atoms with E-state index in [0.717, 1.165) is 0 Å². The van der Waals surface area contributed by atoms with E-state index in [1.54, 1.807) is 0 Å². The highest BCUT2D eigenvalue weighted by atomic mass is 15.5. The monoisotopic (exact) mass is 301 g/mol. The van der Waals surface area contributed by atoms with Crippen LogP contribution in [0.3, 0.4) is 0 Å². The maximum Gasteiger partial charge on any atom is 0.0978 e. The summed E-state index contributed by atoms with van der Waals surface area (Å²) in [5.41, 5.74) is 11.5. The minimum atomic E-state index is 0.102. The van der Waals surface area contributed by atoms with Gasteiger partial charge in [-0.05, 0) is 22.3 Å². The fourth-order valence-electron chi connectivity index (χ4n) is 2.92. The van der Waals surface area contributed by atoms with E-state index in [9.17, 15) is 0 Å². The van der Waals surface area contributed by atoms with Gasteiger partial charge in [0.2, 0.25) is 0 Å². The number of hydrogen-bond donors (Lipinski definition) is 3. The Balaban J connectivity index is 1.49. The van der Waals surface area contributed by atoms with Crippen LogP contribution in [0.2, 0.25) is 0 Å². The first-order valence-electron chi connectivity index (χ1n) is 7.87. The van der Waals surface area contributed by atoms with Crippen molar-refractivity contribution in [3.8, 4) is 11.1 Å². The smallest absolute Gasteiger partial charge is 0.0978 e. The highest BCUT2D eigenvalue weighted by Gasteiger charge is 2.24. The second-order valence-corrected chi connectivity index (χ2v) is 5.72. The molecule has 1 aliphatic rings. The van der Waals surface area contributed by atoms with Crippen molar-refractivity contribution in [3.05, 3.63) is 96.1 Å². The molecule has 1 aliphatic heterocycles. The molecule has 0 aromatic heterocycles. The van der Waals surface area contributed by atoms with Crippen molar-refractivity contribution in [1.29, 1.82) is 0 Å². The quantitative estimate of drug-likeness (QED) is 0.689. The van der Waals surface area contributed by atoms with Crippen LogP contribution in [0.4, 0.5) is 0 Å². The Labute approximate surface area is 136 Å². The molecule has 3 aromatic carbocycles. The largest absolute Gasteiger partial charge is 0.277 e. The molecule has 1 heterocycles. The van der Waals surface area contributed by atoms with Crippen molar-refractivity contribution < 1.29 is 0 Å². The van der Waals surface area contributed by atoms with Crippen molar-refractivity contribution >= 4 is 0 Å². The van der Waals surface area contributed by atoms with Gasteiger partial charge in [0.05, 0.1) is 12.3 Å². The van der Waals surface area contributed by atoms with Crippen molar-refractivity contribution in [1.82, 2.24) is 16.2 Å². The Bertz CT molecular complexity index is 754. The summed E-state index contributed by atoms with van der Waals surface area (Å²) < 4.78 is 0. The molecular formula is C20H19N3. The van der Waals surface area contributed by atoms with E-state index >= 15 is 0 Å². The van der Waals surface area contributed by atoms with Gasteiger partial charge in [-0.15, -0.1) is 0 Å². The van der Waals surface area contributed by atoms with Gasteiger partial charge in [0.15, 0.2) is 0 Å². The highest BCUT2D eigenvalue weighted by molar-refractivity contribution is 5.63. The molecule has 3 nitrogen and oxygen atoms in total. The molecule has 0 spiro atoms. The highest BCUT2D eigenvalue weighted by Crippen LogP contribution is 2.24. The predicted octanol–water partition coefficient (Wildman–Crippen LogP) is 3.75. The van der Waals surface area contributed by atoms with Crippen LogP contribution in [0.1, 0.15) is 23.5 Å². The Hall–Kier alpha value is -2.46. The van der Waals surface area contributed by atoms with Gasteiger partial charge < -0.3 is 0 Å². The molecule has 2 atom stereocenters. The lowest BCUT2D eigenvalue weighted by molar-refractivity contribution is 0.554. The lowest BCUT2D eigenvalue weighted by Gasteiger charge is -2.13. The van der Waals surface area contributed by atoms with Gasteiger partial charge in [-0.25, -0.2) is 10.9 Å². The summed E-state index contributed by atoms with van der Waals surface area (Å²) in [5.74, 6) is 0. The number of hydrogen-bond acceptors (Lipinski definition) is 3. The average molecular weight is 301 g/mol. The molecule has 3 aromatic rings. The molecule has 0 aliphatic carbocycles. The van der Waals surface area contributed by atoms with E-state index in [2.05, 4.69) is 89.0 Å². The average Bonchev–Trinajstić information content (AvgIpc) is 3.14. The molecule has 0 radical (unpaired) electrons. The van der Waals surface area contributed by atoms with E-state index in [0.29, 0.717) is 0 Å². The molecule has 1 fully saturated rings. The summed E-state index contributed by atoms with van der Waals surface area (Å²) in [5, 5.41) is 3.56. The molecule has 23 heavy (non-hydrogen) atoms. The van der Waals surface area contributed by atoms with E-state index in [1.165, 1.54) is 22.3 Å². The molecular weight excluding hydrogens is 282 g/mol. The van der Waals surface area contributed by atoms with Crippen molar-refractivity contribution in [2.75, 3.05) is 0 Å². The SMILES string of the molecule is c1ccc(-c2ccc(C3NNC(c4ccccc4)N3)cc2)cc1. The minimum absolute atomic E-state index is 0.102. The van der Waals surface area contributed by atoms with Crippen LogP contribution in [0.25, 0.3) is 11.1 Å². The maximum absolute atomic E-state index is 3.56. The molecule has 0 amide bonds. The van der Waals surface area contributed by atoms with Crippen LogP contribution < -0.4 is 16.2 Å². The first-order chi connectivity index (χ1) is 11.4. The third-order valence-electron chi connectivity index (χ3n) is 4.19. The van der Waals surface area contributed by atoms with Gasteiger partial charge in [-0.3, -0.25) is 5.32 Å². The predicted molar refractivity (Wildman–Crippen MR) is 93.2 cm³/mol. The van der Waals surface area contributed by atoms with Gasteiger partial charge >= 0.3 is 0 Å². The van der Waals surface area contributed by atoms with Crippen LogP contribution in [-0.4, -0.2) is 0 Å². The molecule has 114 valence electrons. The van der Waals surface area contributed by atoms with Crippen LogP contribution in [-0.2, 0) is 0 Å². The minimum Gasteiger partial charge on any atom is -0.277 e. The van der Waals surface area contributed by atoms with Crippen molar-refractivity contribution in [2.45, 2.75) is 12.3 Å². The maximum atomic E-state index is 3.56. The summed E-state index contributed by atoms with van der Waals surface area (Å²) in [6.07, 6.45) is 0.222. The van der Waals surface area contributed by atoms with Gasteiger partial charge in [-0.2, -0.15) is 0 Å². The Morgan fingerprint density at radius 1 is 0.478 bits per heavy atom. The van der Waals surface area contributed by atoms with E-state index in [-0.39, 0.29) is 12.3 Å². The Morgan fingerprint density at radius 2 is 0.957 bits per heavy atom. The zero-order valence-corrected chi connectivity index (χ0v) is 12.7. The number of hydrazine groups is 1. The van der Waals surface area contributed by atoms with E-state index in [1.807, 2.05) is 12.1 Å². The Morgan fingerprint density at radius 3 is 1.57 bits per heavy atom. The third-order valence-corrected chi connectivity index (χ3v) is 4.19. The number of rotatable bonds is 3. The molecule has 3 N–H and O–H groups in total. The third kappa shape index (κ3) is 3.03. The van der Waals surface area contributed by atoms with Gasteiger partial charge in [0, 0.05) is 0 Å². The standard InChI is InChI=1S/C20H19N3/c1-3-7-15(8-4-1)16-11-13-18(14-12-16)20-21-19(22-23-20)17-9-5-2-6-10-17/h1-14,19-23H. The van der Waals surface area contributed by atoms with Gasteiger partial charge in [0.25, 0.3) is 0 Å². The summed E-state index contributed by atoms with van der Waals surface area (Å²) in [4.78, 5) is 0. The van der Waals surface area contributed by atoms with Gasteiger partial charge in [0.1, 0.15) is 0 Å². The molecule has 2 unspecified atom stereocenters. The fourth-order valence-corrected chi connectivity index (χ4v) is 2.92. The van der Waals surface area contributed by atoms with E-state index in [4.69, 9.17) is 0 Å². The van der Waals surface area contributed by atoms with Crippen LogP contribution in [0, 0.1) is 0 Å². The zero-order valence-electron chi connectivity index (χ0n) is 12.7. The number of nitrogens with one attached hydrogen (secondary N) is 3. The second kappa shape index (κ2) is 6.34. The van der Waals surface area contributed by atoms with Crippen molar-refractivity contribution in [3.63, 3.8) is 0 Å². The lowest BCUT2D eigenvalue weighted by Crippen LogP contribution is -2.26. The normalized spacial score (nSPS) is 20.5. The molecule has 3 heteroatoms. The van der Waals surface area contributed by atoms with Crippen LogP contribution in [0.15, 0.2) is 84.9 Å². The summed E-state index contributed by atoms with van der Waals surface area (Å²) in [6.45, 7) is 0. The van der Waals surface area contributed by atoms with Crippen LogP contribution in [0.5, 0.6) is 0 Å². The summed E-state index contributed by atoms with van der Waals surface area (Å²) >= 11 is 0. The summed E-state index contributed by atoms with van der Waals surface area (Å²) in [6, 6.07) is 29.5. The number of benzene rings is 3. The summed E-state index contributed by atoms with van der Waals surface area (Å²) in [7, 11) is 0. The topological polar surface area (TPSA) is 36.1 Å².